The Kier molecular flexibility index (Phi) is 5.00. The molecule has 4 aromatic rings. The fourth-order valence-corrected chi connectivity index (χ4v) is 3.64. The maximum atomic E-state index is 4.56. The molecule has 0 saturated carbocycles. The number of rotatable bonds is 5. The lowest BCUT2D eigenvalue weighted by Gasteiger charge is -2.12. The van der Waals surface area contributed by atoms with Crippen LogP contribution in [0.3, 0.4) is 0 Å². The van der Waals surface area contributed by atoms with Gasteiger partial charge in [0.1, 0.15) is 5.82 Å². The number of anilines is 4. The highest BCUT2D eigenvalue weighted by atomic mass is 79.9. The van der Waals surface area contributed by atoms with Crippen LogP contribution in [0.4, 0.5) is 23.3 Å². The summed E-state index contributed by atoms with van der Waals surface area (Å²) >= 11 is 5.08. The van der Waals surface area contributed by atoms with Gasteiger partial charge in [0.15, 0.2) is 0 Å². The Morgan fingerprint density at radius 1 is 0.926 bits per heavy atom. The van der Waals surface area contributed by atoms with Gasteiger partial charge in [-0.05, 0) is 36.4 Å². The molecule has 0 unspecified atom stereocenters. The second kappa shape index (κ2) is 7.58. The molecule has 0 fully saturated rings. The van der Waals surface area contributed by atoms with Gasteiger partial charge in [-0.15, -0.1) is 11.3 Å². The monoisotopic (exact) mass is 440 g/mol. The molecule has 0 radical (unpaired) electrons. The number of fused-ring (bicyclic) bond motifs is 1. The lowest BCUT2D eigenvalue weighted by Crippen LogP contribution is -2.08. The molecule has 6 nitrogen and oxygen atoms in total. The van der Waals surface area contributed by atoms with Crippen LogP contribution < -0.4 is 10.6 Å². The Labute approximate surface area is 169 Å². The van der Waals surface area contributed by atoms with Gasteiger partial charge in [0.05, 0.1) is 15.7 Å². The number of aromatic nitrogens is 4. The number of halogens is 1. The maximum Gasteiger partial charge on any atom is 0.232 e. The quantitative estimate of drug-likeness (QED) is 0.404. The number of benzene rings is 2. The van der Waals surface area contributed by atoms with Crippen LogP contribution in [0.2, 0.25) is 0 Å². The zero-order valence-electron chi connectivity index (χ0n) is 14.8. The summed E-state index contributed by atoms with van der Waals surface area (Å²) in [6.45, 7) is 4.12. The summed E-state index contributed by atoms with van der Waals surface area (Å²) in [6, 6.07) is 13.9. The van der Waals surface area contributed by atoms with Crippen molar-refractivity contribution < 1.29 is 0 Å². The van der Waals surface area contributed by atoms with Crippen LogP contribution in [-0.2, 0) is 0 Å². The Hall–Kier alpha value is -2.58. The molecule has 0 aliphatic carbocycles. The summed E-state index contributed by atoms with van der Waals surface area (Å²) in [5, 5.41) is 6.54. The molecule has 0 saturated heterocycles. The van der Waals surface area contributed by atoms with E-state index in [-0.39, 0.29) is 5.92 Å². The first-order chi connectivity index (χ1) is 13.1. The Balaban J connectivity index is 1.65. The number of nitrogens with one attached hydrogen (secondary N) is 2. The topological polar surface area (TPSA) is 75.6 Å². The standard InChI is InChI=1S/C19H17BrN6S/c1-11(2)17-24-18(22-13-5-3-4-12(20)8-13)26-19(25-17)23-14-6-7-15-16(9-14)27-10-21-15/h3-11H,1-2H3,(H2,22,23,24,25,26). The molecule has 0 spiro atoms. The molecule has 0 amide bonds. The van der Waals surface area contributed by atoms with Crippen LogP contribution in [0.25, 0.3) is 10.2 Å². The third kappa shape index (κ3) is 4.23. The van der Waals surface area contributed by atoms with E-state index >= 15 is 0 Å². The molecule has 8 heteroatoms. The van der Waals surface area contributed by atoms with Crippen molar-refractivity contribution >= 4 is 60.8 Å². The van der Waals surface area contributed by atoms with E-state index in [0.29, 0.717) is 11.9 Å². The minimum absolute atomic E-state index is 0.181. The van der Waals surface area contributed by atoms with E-state index in [2.05, 4.69) is 60.3 Å². The summed E-state index contributed by atoms with van der Waals surface area (Å²) < 4.78 is 2.10. The van der Waals surface area contributed by atoms with Gasteiger partial charge in [-0.3, -0.25) is 0 Å². The van der Waals surface area contributed by atoms with Crippen LogP contribution in [0.15, 0.2) is 52.4 Å². The van der Waals surface area contributed by atoms with Gasteiger partial charge in [-0.1, -0.05) is 35.8 Å². The average molecular weight is 441 g/mol. The second-order valence-corrected chi connectivity index (χ2v) is 8.09. The predicted molar refractivity (Wildman–Crippen MR) is 114 cm³/mol. The Morgan fingerprint density at radius 2 is 1.67 bits per heavy atom. The molecule has 2 heterocycles. The van der Waals surface area contributed by atoms with Crippen molar-refractivity contribution in [1.82, 2.24) is 19.9 Å². The SMILES string of the molecule is CC(C)c1nc(Nc2cccc(Br)c2)nc(Nc2ccc3ncsc3c2)n1. The number of nitrogens with zero attached hydrogens (tertiary/aromatic N) is 4. The second-order valence-electron chi connectivity index (χ2n) is 6.29. The Bertz CT molecular complexity index is 1090. The molecule has 0 aliphatic rings. The van der Waals surface area contributed by atoms with Crippen LogP contribution >= 0.6 is 27.3 Å². The van der Waals surface area contributed by atoms with Gasteiger partial charge in [0.2, 0.25) is 11.9 Å². The number of hydrogen-bond acceptors (Lipinski definition) is 7. The zero-order valence-corrected chi connectivity index (χ0v) is 17.2. The van der Waals surface area contributed by atoms with Gasteiger partial charge in [0, 0.05) is 21.8 Å². The van der Waals surface area contributed by atoms with Crippen molar-refractivity contribution in [3.05, 3.63) is 58.3 Å². The van der Waals surface area contributed by atoms with Crippen LogP contribution in [0, 0.1) is 0 Å². The molecule has 0 bridgehead atoms. The van der Waals surface area contributed by atoms with Crippen molar-refractivity contribution in [2.45, 2.75) is 19.8 Å². The average Bonchev–Trinajstić information content (AvgIpc) is 3.09. The van der Waals surface area contributed by atoms with Crippen molar-refractivity contribution in [3.8, 4) is 0 Å². The van der Waals surface area contributed by atoms with Crippen molar-refractivity contribution in [3.63, 3.8) is 0 Å². The first-order valence-corrected chi connectivity index (χ1v) is 10.1. The van der Waals surface area contributed by atoms with Gasteiger partial charge < -0.3 is 10.6 Å². The number of thiazole rings is 1. The van der Waals surface area contributed by atoms with Crippen molar-refractivity contribution in [2.75, 3.05) is 10.6 Å². The molecule has 2 aromatic carbocycles. The number of hydrogen-bond donors (Lipinski definition) is 2. The van der Waals surface area contributed by atoms with Crippen molar-refractivity contribution in [1.29, 1.82) is 0 Å². The summed E-state index contributed by atoms with van der Waals surface area (Å²) in [4.78, 5) is 17.9. The first-order valence-electron chi connectivity index (χ1n) is 8.46. The highest BCUT2D eigenvalue weighted by Crippen LogP contribution is 2.25. The molecule has 27 heavy (non-hydrogen) atoms. The van der Waals surface area contributed by atoms with Gasteiger partial charge in [0.25, 0.3) is 0 Å². The molecule has 0 aliphatic heterocycles. The van der Waals surface area contributed by atoms with Crippen LogP contribution in [0.1, 0.15) is 25.6 Å². The minimum atomic E-state index is 0.181. The van der Waals surface area contributed by atoms with E-state index in [9.17, 15) is 0 Å². The molecule has 136 valence electrons. The molecular weight excluding hydrogens is 424 g/mol. The van der Waals surface area contributed by atoms with E-state index in [1.807, 2.05) is 48.0 Å². The lowest BCUT2D eigenvalue weighted by molar-refractivity contribution is 0.766. The summed E-state index contributed by atoms with van der Waals surface area (Å²) in [5.41, 5.74) is 4.65. The minimum Gasteiger partial charge on any atom is -0.324 e. The van der Waals surface area contributed by atoms with E-state index in [4.69, 9.17) is 0 Å². The van der Waals surface area contributed by atoms with Crippen LogP contribution in [0.5, 0.6) is 0 Å². The molecule has 2 N–H and O–H groups in total. The van der Waals surface area contributed by atoms with E-state index < -0.39 is 0 Å². The molecule has 2 aromatic heterocycles. The predicted octanol–water partition coefficient (Wildman–Crippen LogP) is 5.85. The Morgan fingerprint density at radius 3 is 2.37 bits per heavy atom. The molecular formula is C19H17BrN6S. The van der Waals surface area contributed by atoms with Crippen LogP contribution in [-0.4, -0.2) is 19.9 Å². The maximum absolute atomic E-state index is 4.56. The van der Waals surface area contributed by atoms with Gasteiger partial charge in [-0.2, -0.15) is 15.0 Å². The third-order valence-corrected chi connectivity index (χ3v) is 5.12. The molecule has 4 rings (SSSR count). The summed E-state index contributed by atoms with van der Waals surface area (Å²) in [6.07, 6.45) is 0. The van der Waals surface area contributed by atoms with E-state index in [0.717, 1.165) is 31.9 Å². The largest absolute Gasteiger partial charge is 0.324 e. The van der Waals surface area contributed by atoms with Gasteiger partial charge in [-0.25, -0.2) is 4.98 Å². The first kappa shape index (κ1) is 17.8. The zero-order chi connectivity index (χ0) is 18.8. The fourth-order valence-electron chi connectivity index (χ4n) is 2.52. The normalized spacial score (nSPS) is 11.1. The lowest BCUT2D eigenvalue weighted by atomic mass is 10.2. The molecule has 0 atom stereocenters. The highest BCUT2D eigenvalue weighted by Gasteiger charge is 2.11. The fraction of sp³-hybridized carbons (Fsp3) is 0.158. The van der Waals surface area contributed by atoms with E-state index in [1.54, 1.807) is 11.3 Å². The van der Waals surface area contributed by atoms with E-state index in [1.165, 1.54) is 0 Å². The smallest absolute Gasteiger partial charge is 0.232 e. The third-order valence-electron chi connectivity index (χ3n) is 3.84. The highest BCUT2D eigenvalue weighted by molar-refractivity contribution is 9.10. The van der Waals surface area contributed by atoms with Gasteiger partial charge >= 0.3 is 0 Å². The summed E-state index contributed by atoms with van der Waals surface area (Å²) in [7, 11) is 0. The van der Waals surface area contributed by atoms with Crippen molar-refractivity contribution in [2.24, 2.45) is 0 Å². The summed E-state index contributed by atoms with van der Waals surface area (Å²) in [5.74, 6) is 1.92.